The number of rotatable bonds is 6. The molecule has 0 aliphatic carbocycles. The Morgan fingerprint density at radius 1 is 1.56 bits per heavy atom. The number of hydrogen-bond donors (Lipinski definition) is 1. The summed E-state index contributed by atoms with van der Waals surface area (Å²) >= 11 is 0. The summed E-state index contributed by atoms with van der Waals surface area (Å²) in [5.74, 6) is -0.606. The van der Waals surface area contributed by atoms with E-state index in [-0.39, 0.29) is 5.91 Å². The second-order valence-electron chi connectivity index (χ2n) is 5.12. The third-order valence-electron chi connectivity index (χ3n) is 3.74. The zero-order valence-electron chi connectivity index (χ0n) is 11.6. The molecule has 1 N–H and O–H groups in total. The van der Waals surface area contributed by atoms with E-state index in [1.165, 1.54) is 25.8 Å². The van der Waals surface area contributed by atoms with Crippen LogP contribution >= 0.6 is 0 Å². The summed E-state index contributed by atoms with van der Waals surface area (Å²) in [6.07, 6.45) is 5.49. The van der Waals surface area contributed by atoms with Gasteiger partial charge in [0, 0.05) is 19.1 Å². The predicted octanol–water partition coefficient (Wildman–Crippen LogP) is 1.92. The minimum absolute atomic E-state index is 0.119. The van der Waals surface area contributed by atoms with Gasteiger partial charge in [-0.1, -0.05) is 13.3 Å². The first-order valence-corrected chi connectivity index (χ1v) is 7.10. The van der Waals surface area contributed by atoms with Gasteiger partial charge >= 0.3 is 0 Å². The van der Waals surface area contributed by atoms with Crippen LogP contribution in [0.2, 0.25) is 0 Å². The fourth-order valence-corrected chi connectivity index (χ4v) is 2.44. The molecular formula is C14H25N3O. The maximum atomic E-state index is 11.6. The van der Waals surface area contributed by atoms with E-state index in [1.807, 2.05) is 13.0 Å². The molecular weight excluding hydrogens is 226 g/mol. The van der Waals surface area contributed by atoms with Crippen LogP contribution in [-0.4, -0.2) is 36.5 Å². The molecule has 1 aliphatic heterocycles. The van der Waals surface area contributed by atoms with Crippen LogP contribution in [0.1, 0.15) is 46.0 Å². The molecule has 18 heavy (non-hydrogen) atoms. The number of nitrogens with zero attached hydrogens (tertiary/aromatic N) is 2. The summed E-state index contributed by atoms with van der Waals surface area (Å²) in [4.78, 5) is 14.1. The van der Waals surface area contributed by atoms with E-state index in [1.54, 1.807) is 0 Å². The molecule has 2 atom stereocenters. The quantitative estimate of drug-likeness (QED) is 0.734. The summed E-state index contributed by atoms with van der Waals surface area (Å²) in [6.45, 7) is 7.05. The third kappa shape index (κ3) is 4.66. The lowest BCUT2D eigenvalue weighted by atomic mass is 10.0. The van der Waals surface area contributed by atoms with Crippen LogP contribution in [0.15, 0.2) is 0 Å². The van der Waals surface area contributed by atoms with Gasteiger partial charge in [0.15, 0.2) is 0 Å². The fraction of sp³-hybridized carbons (Fsp3) is 0.857. The van der Waals surface area contributed by atoms with Crippen molar-refractivity contribution in [1.82, 2.24) is 10.2 Å². The van der Waals surface area contributed by atoms with Gasteiger partial charge in [-0.25, -0.2) is 0 Å². The number of carbonyl (C=O) groups is 1. The highest BCUT2D eigenvalue weighted by Gasteiger charge is 2.18. The van der Waals surface area contributed by atoms with Gasteiger partial charge in [-0.2, -0.15) is 5.26 Å². The highest BCUT2D eigenvalue weighted by Crippen LogP contribution is 2.16. The van der Waals surface area contributed by atoms with Gasteiger partial charge in [0.05, 0.1) is 6.07 Å². The predicted molar refractivity (Wildman–Crippen MR) is 71.9 cm³/mol. The molecule has 1 amide bonds. The molecule has 0 aromatic heterocycles. The van der Waals surface area contributed by atoms with Crippen LogP contribution in [0, 0.1) is 17.2 Å². The number of likely N-dealkylation sites (tertiary alicyclic amines) is 1. The summed E-state index contributed by atoms with van der Waals surface area (Å²) in [7, 11) is 0. The van der Waals surface area contributed by atoms with E-state index in [9.17, 15) is 4.79 Å². The molecule has 4 heteroatoms. The zero-order valence-corrected chi connectivity index (χ0v) is 11.6. The number of hydrogen-bond acceptors (Lipinski definition) is 3. The van der Waals surface area contributed by atoms with Crippen molar-refractivity contribution in [3.8, 4) is 6.07 Å². The fourth-order valence-electron chi connectivity index (χ4n) is 2.44. The van der Waals surface area contributed by atoms with Gasteiger partial charge in [-0.3, -0.25) is 4.79 Å². The van der Waals surface area contributed by atoms with Gasteiger partial charge in [-0.05, 0) is 39.2 Å². The first-order valence-electron chi connectivity index (χ1n) is 7.10. The lowest BCUT2D eigenvalue weighted by Gasteiger charge is -2.33. The largest absolute Gasteiger partial charge is 0.355 e. The molecule has 1 aliphatic rings. The number of amides is 1. The highest BCUT2D eigenvalue weighted by molar-refractivity contribution is 5.80. The summed E-state index contributed by atoms with van der Waals surface area (Å²) in [5, 5.41) is 11.6. The number of carbonyl (C=O) groups excluding carboxylic acids is 1. The van der Waals surface area contributed by atoms with Crippen molar-refractivity contribution in [3.05, 3.63) is 0 Å². The van der Waals surface area contributed by atoms with E-state index < -0.39 is 5.92 Å². The smallest absolute Gasteiger partial charge is 0.237 e. The Balaban J connectivity index is 2.14. The summed E-state index contributed by atoms with van der Waals surface area (Å²) in [5.41, 5.74) is 0. The average Bonchev–Trinajstić information content (AvgIpc) is 2.38. The molecule has 0 spiro atoms. The van der Waals surface area contributed by atoms with Crippen molar-refractivity contribution in [2.45, 2.75) is 52.0 Å². The molecule has 1 saturated heterocycles. The first-order chi connectivity index (χ1) is 8.69. The molecule has 1 fully saturated rings. The van der Waals surface area contributed by atoms with Crippen molar-refractivity contribution in [3.63, 3.8) is 0 Å². The maximum Gasteiger partial charge on any atom is 0.237 e. The van der Waals surface area contributed by atoms with Crippen molar-refractivity contribution in [1.29, 1.82) is 5.26 Å². The standard InChI is InChI=1S/C14H25N3O/c1-3-13(11-15)14(18)16-8-6-10-17-9-5-4-7-12(17)2/h12-13H,3-10H2,1-2H3,(H,16,18). The second kappa shape index (κ2) is 8.10. The maximum absolute atomic E-state index is 11.6. The van der Waals surface area contributed by atoms with Gasteiger partial charge in [0.25, 0.3) is 0 Å². The highest BCUT2D eigenvalue weighted by atomic mass is 16.1. The number of nitrogens with one attached hydrogen (secondary N) is 1. The van der Waals surface area contributed by atoms with E-state index in [4.69, 9.17) is 5.26 Å². The average molecular weight is 251 g/mol. The molecule has 0 saturated carbocycles. The minimum atomic E-state index is -0.487. The van der Waals surface area contributed by atoms with Gasteiger partial charge in [-0.15, -0.1) is 0 Å². The lowest BCUT2D eigenvalue weighted by Crippen LogP contribution is -2.39. The van der Waals surface area contributed by atoms with Crippen molar-refractivity contribution in [2.24, 2.45) is 5.92 Å². The molecule has 1 rings (SSSR count). The molecule has 1 heterocycles. The summed E-state index contributed by atoms with van der Waals surface area (Å²) in [6, 6.07) is 2.70. The molecule has 0 radical (unpaired) electrons. The van der Waals surface area contributed by atoms with Crippen LogP contribution in [0.4, 0.5) is 0 Å². The third-order valence-corrected chi connectivity index (χ3v) is 3.74. The van der Waals surface area contributed by atoms with E-state index in [2.05, 4.69) is 17.1 Å². The summed E-state index contributed by atoms with van der Waals surface area (Å²) < 4.78 is 0. The van der Waals surface area contributed by atoms with Crippen LogP contribution in [0.5, 0.6) is 0 Å². The van der Waals surface area contributed by atoms with Gasteiger partial charge < -0.3 is 10.2 Å². The lowest BCUT2D eigenvalue weighted by molar-refractivity contribution is -0.123. The molecule has 2 unspecified atom stereocenters. The Morgan fingerprint density at radius 2 is 2.33 bits per heavy atom. The van der Waals surface area contributed by atoms with Crippen molar-refractivity contribution >= 4 is 5.91 Å². The SMILES string of the molecule is CCC(C#N)C(=O)NCCCN1CCCCC1C. The van der Waals surface area contributed by atoms with E-state index in [0.29, 0.717) is 19.0 Å². The second-order valence-corrected chi connectivity index (χ2v) is 5.12. The molecule has 4 nitrogen and oxygen atoms in total. The number of nitriles is 1. The van der Waals surface area contributed by atoms with E-state index in [0.717, 1.165) is 13.0 Å². The van der Waals surface area contributed by atoms with Gasteiger partial charge in [0.1, 0.15) is 5.92 Å². The van der Waals surface area contributed by atoms with Crippen LogP contribution in [0.25, 0.3) is 0 Å². The Morgan fingerprint density at radius 3 is 2.94 bits per heavy atom. The number of piperidine rings is 1. The molecule has 102 valence electrons. The zero-order chi connectivity index (χ0) is 13.4. The Bertz CT molecular complexity index is 298. The normalized spacial score (nSPS) is 22.2. The Hall–Kier alpha value is -1.08. The topological polar surface area (TPSA) is 56.1 Å². The molecule has 0 bridgehead atoms. The van der Waals surface area contributed by atoms with E-state index >= 15 is 0 Å². The molecule has 0 aromatic carbocycles. The Kier molecular flexibility index (Phi) is 6.74. The van der Waals surface area contributed by atoms with Crippen LogP contribution in [-0.2, 0) is 4.79 Å². The monoisotopic (exact) mass is 251 g/mol. The van der Waals surface area contributed by atoms with Crippen LogP contribution < -0.4 is 5.32 Å². The Labute approximate surface area is 110 Å². The van der Waals surface area contributed by atoms with Crippen molar-refractivity contribution < 1.29 is 4.79 Å². The van der Waals surface area contributed by atoms with Crippen molar-refractivity contribution in [2.75, 3.05) is 19.6 Å². The van der Waals surface area contributed by atoms with Crippen LogP contribution in [0.3, 0.4) is 0 Å². The van der Waals surface area contributed by atoms with Gasteiger partial charge in [0.2, 0.25) is 5.91 Å². The minimum Gasteiger partial charge on any atom is -0.355 e. The first kappa shape index (κ1) is 15.0. The molecule has 0 aromatic rings.